The SMILES string of the molecule is CNC(=O)[C@@H]1[C@H]2C(=O)N(CCCCCO)C(C(=O)Nc3c(C)cccc3Cl)C23CC(C)[C@@]1(C)O3. The number of benzene rings is 1. The number of aliphatic hydroxyl groups is 1. The Labute approximate surface area is 205 Å². The largest absolute Gasteiger partial charge is 0.396 e. The van der Waals surface area contributed by atoms with Gasteiger partial charge < -0.3 is 25.4 Å². The number of nitrogens with one attached hydrogen (secondary N) is 2. The monoisotopic (exact) mass is 491 g/mol. The number of fused-ring (bicyclic) bond motifs is 1. The fourth-order valence-corrected chi connectivity index (χ4v) is 6.66. The number of carbonyl (C=O) groups is 3. The normalized spacial score (nSPS) is 33.8. The third-order valence-corrected chi connectivity index (χ3v) is 8.43. The number of ether oxygens (including phenoxy) is 1. The van der Waals surface area contributed by atoms with Crippen molar-refractivity contribution in [2.45, 2.75) is 63.7 Å². The van der Waals surface area contributed by atoms with Crippen LogP contribution in [0.3, 0.4) is 0 Å². The van der Waals surface area contributed by atoms with Crippen LogP contribution in [0.15, 0.2) is 18.2 Å². The van der Waals surface area contributed by atoms with Crippen LogP contribution in [-0.4, -0.2) is 65.2 Å². The molecule has 3 saturated heterocycles. The molecule has 4 rings (SSSR count). The van der Waals surface area contributed by atoms with Crippen molar-refractivity contribution < 1.29 is 24.2 Å². The predicted molar refractivity (Wildman–Crippen MR) is 128 cm³/mol. The summed E-state index contributed by atoms with van der Waals surface area (Å²) in [6.45, 7) is 6.19. The highest BCUT2D eigenvalue weighted by atomic mass is 35.5. The Bertz CT molecular complexity index is 983. The molecule has 3 N–H and O–H groups in total. The number of nitrogens with zero attached hydrogens (tertiary/aromatic N) is 1. The van der Waals surface area contributed by atoms with Crippen LogP contribution >= 0.6 is 11.6 Å². The van der Waals surface area contributed by atoms with E-state index >= 15 is 0 Å². The van der Waals surface area contributed by atoms with Gasteiger partial charge in [0.15, 0.2) is 0 Å². The summed E-state index contributed by atoms with van der Waals surface area (Å²) in [5.41, 5.74) is -0.591. The number of rotatable bonds is 8. The summed E-state index contributed by atoms with van der Waals surface area (Å²) < 4.78 is 6.62. The quantitative estimate of drug-likeness (QED) is 0.484. The third-order valence-electron chi connectivity index (χ3n) is 8.12. The second-order valence-electron chi connectivity index (χ2n) is 10.1. The van der Waals surface area contributed by atoms with Crippen LogP contribution in [-0.2, 0) is 19.1 Å². The molecule has 186 valence electrons. The van der Waals surface area contributed by atoms with Gasteiger partial charge in [-0.1, -0.05) is 30.7 Å². The van der Waals surface area contributed by atoms with E-state index in [0.29, 0.717) is 36.5 Å². The molecule has 3 aliphatic heterocycles. The smallest absolute Gasteiger partial charge is 0.250 e. The highest BCUT2D eigenvalue weighted by Gasteiger charge is 2.79. The van der Waals surface area contributed by atoms with Crippen molar-refractivity contribution in [1.82, 2.24) is 10.2 Å². The third kappa shape index (κ3) is 3.62. The van der Waals surface area contributed by atoms with Gasteiger partial charge in [-0.3, -0.25) is 14.4 Å². The number of para-hydroxylation sites is 1. The number of hydrogen-bond acceptors (Lipinski definition) is 5. The fourth-order valence-electron chi connectivity index (χ4n) is 6.39. The molecule has 2 bridgehead atoms. The van der Waals surface area contributed by atoms with Crippen molar-refractivity contribution in [1.29, 1.82) is 0 Å². The van der Waals surface area contributed by atoms with E-state index in [-0.39, 0.29) is 30.2 Å². The van der Waals surface area contributed by atoms with Gasteiger partial charge in [-0.25, -0.2) is 0 Å². The first kappa shape index (κ1) is 24.9. The Balaban J connectivity index is 1.74. The Morgan fingerprint density at radius 3 is 2.65 bits per heavy atom. The van der Waals surface area contributed by atoms with E-state index in [0.717, 1.165) is 12.0 Å². The molecular weight excluding hydrogens is 458 g/mol. The molecule has 3 heterocycles. The van der Waals surface area contributed by atoms with Crippen molar-refractivity contribution in [2.24, 2.45) is 17.8 Å². The molecule has 0 radical (unpaired) electrons. The molecule has 0 aromatic heterocycles. The minimum Gasteiger partial charge on any atom is -0.396 e. The number of halogens is 1. The van der Waals surface area contributed by atoms with Gasteiger partial charge in [-0.15, -0.1) is 0 Å². The molecule has 6 atom stereocenters. The zero-order valence-corrected chi connectivity index (χ0v) is 20.9. The molecule has 3 fully saturated rings. The summed E-state index contributed by atoms with van der Waals surface area (Å²) in [5, 5.41) is 15.2. The highest BCUT2D eigenvalue weighted by Crippen LogP contribution is 2.65. The Kier molecular flexibility index (Phi) is 6.70. The second kappa shape index (κ2) is 9.13. The van der Waals surface area contributed by atoms with Crippen LogP contribution in [0.2, 0.25) is 5.02 Å². The van der Waals surface area contributed by atoms with Crippen molar-refractivity contribution in [2.75, 3.05) is 25.5 Å². The Morgan fingerprint density at radius 1 is 1.26 bits per heavy atom. The summed E-state index contributed by atoms with van der Waals surface area (Å²) in [6, 6.07) is 4.50. The molecule has 1 aromatic rings. The van der Waals surface area contributed by atoms with Crippen molar-refractivity contribution in [3.63, 3.8) is 0 Å². The van der Waals surface area contributed by atoms with Gasteiger partial charge in [0.05, 0.1) is 28.1 Å². The minimum absolute atomic E-state index is 0.00876. The van der Waals surface area contributed by atoms with E-state index in [9.17, 15) is 14.4 Å². The molecule has 3 unspecified atom stereocenters. The number of amides is 3. The first-order chi connectivity index (χ1) is 16.1. The predicted octanol–water partition coefficient (Wildman–Crippen LogP) is 2.51. The maximum Gasteiger partial charge on any atom is 0.250 e. The van der Waals surface area contributed by atoms with E-state index in [4.69, 9.17) is 21.4 Å². The minimum atomic E-state index is -1.08. The number of likely N-dealkylation sites (tertiary alicyclic amines) is 1. The van der Waals surface area contributed by atoms with E-state index < -0.39 is 29.1 Å². The van der Waals surface area contributed by atoms with E-state index in [2.05, 4.69) is 10.6 Å². The number of unbranched alkanes of at least 4 members (excludes halogenated alkanes) is 2. The van der Waals surface area contributed by atoms with E-state index in [1.165, 1.54) is 0 Å². The van der Waals surface area contributed by atoms with Gasteiger partial charge in [0.2, 0.25) is 17.7 Å². The maximum absolute atomic E-state index is 13.9. The van der Waals surface area contributed by atoms with Gasteiger partial charge >= 0.3 is 0 Å². The summed E-state index contributed by atoms with van der Waals surface area (Å²) in [6.07, 6.45) is 2.50. The number of aliphatic hydroxyl groups excluding tert-OH is 1. The molecular formula is C25H34ClN3O5. The highest BCUT2D eigenvalue weighted by molar-refractivity contribution is 6.34. The summed E-state index contributed by atoms with van der Waals surface area (Å²) in [5.74, 6) is -2.22. The molecule has 34 heavy (non-hydrogen) atoms. The molecule has 3 aliphatic rings. The van der Waals surface area contributed by atoms with E-state index in [1.54, 1.807) is 18.0 Å². The average Bonchev–Trinajstić information content (AvgIpc) is 3.30. The zero-order valence-electron chi connectivity index (χ0n) is 20.2. The van der Waals surface area contributed by atoms with Crippen LogP contribution in [0.1, 0.15) is 45.1 Å². The number of anilines is 1. The lowest BCUT2D eigenvalue weighted by molar-refractivity contribution is -0.146. The topological polar surface area (TPSA) is 108 Å². The van der Waals surface area contributed by atoms with Crippen molar-refractivity contribution >= 4 is 35.0 Å². The first-order valence-corrected chi connectivity index (χ1v) is 12.4. The number of aryl methyl sites for hydroxylation is 1. The van der Waals surface area contributed by atoms with E-state index in [1.807, 2.05) is 32.9 Å². The molecule has 0 aliphatic carbocycles. The molecule has 0 saturated carbocycles. The summed E-state index contributed by atoms with van der Waals surface area (Å²) in [7, 11) is 1.56. The van der Waals surface area contributed by atoms with Crippen LogP contribution < -0.4 is 10.6 Å². The lowest BCUT2D eigenvalue weighted by Crippen LogP contribution is -2.54. The molecule has 8 nitrogen and oxygen atoms in total. The standard InChI is InChI=1S/C25H34ClN3O5/c1-14-9-8-10-16(26)19(14)28-22(32)20-25-13-15(2)24(3,34-25)17(21(31)27-4)18(25)23(33)29(20)11-6-5-7-12-30/h8-10,15,17-18,20,30H,5-7,11-13H2,1-4H3,(H,27,31)(H,28,32)/t15?,17-,18-,20?,24+,25?/m0/s1. The van der Waals surface area contributed by atoms with Crippen LogP contribution in [0.25, 0.3) is 0 Å². The first-order valence-electron chi connectivity index (χ1n) is 12.0. The zero-order chi connectivity index (χ0) is 24.8. The lowest BCUT2D eigenvalue weighted by Gasteiger charge is -2.36. The van der Waals surface area contributed by atoms with Crippen LogP contribution in [0.5, 0.6) is 0 Å². The molecule has 3 amide bonds. The van der Waals surface area contributed by atoms with Gasteiger partial charge in [-0.05, 0) is 57.1 Å². The number of carbonyl (C=O) groups excluding carboxylic acids is 3. The van der Waals surface area contributed by atoms with Gasteiger partial charge in [0, 0.05) is 20.2 Å². The van der Waals surface area contributed by atoms with Crippen molar-refractivity contribution in [3.05, 3.63) is 28.8 Å². The van der Waals surface area contributed by atoms with Crippen molar-refractivity contribution in [3.8, 4) is 0 Å². The average molecular weight is 492 g/mol. The Hall–Kier alpha value is -2.16. The number of hydrogen-bond donors (Lipinski definition) is 3. The fraction of sp³-hybridized carbons (Fsp3) is 0.640. The van der Waals surface area contributed by atoms with Gasteiger partial charge in [0.1, 0.15) is 11.6 Å². The Morgan fingerprint density at radius 2 is 2.00 bits per heavy atom. The maximum atomic E-state index is 13.9. The lowest BCUT2D eigenvalue weighted by atomic mass is 9.62. The molecule has 1 aromatic carbocycles. The van der Waals surface area contributed by atoms with Crippen LogP contribution in [0, 0.1) is 24.7 Å². The molecule has 9 heteroatoms. The van der Waals surface area contributed by atoms with Crippen LogP contribution in [0.4, 0.5) is 5.69 Å². The van der Waals surface area contributed by atoms with Gasteiger partial charge in [-0.2, -0.15) is 0 Å². The molecule has 1 spiro atoms. The summed E-state index contributed by atoms with van der Waals surface area (Å²) in [4.78, 5) is 42.3. The second-order valence-corrected chi connectivity index (χ2v) is 10.5. The summed E-state index contributed by atoms with van der Waals surface area (Å²) >= 11 is 6.38. The van der Waals surface area contributed by atoms with Gasteiger partial charge in [0.25, 0.3) is 0 Å².